The summed E-state index contributed by atoms with van der Waals surface area (Å²) in [6.07, 6.45) is 9.24. The van der Waals surface area contributed by atoms with Crippen LogP contribution in [-0.4, -0.2) is 61.4 Å². The zero-order valence-corrected chi connectivity index (χ0v) is 19.3. The third kappa shape index (κ3) is 5.72. The van der Waals surface area contributed by atoms with Gasteiger partial charge in [0, 0.05) is 31.8 Å². The highest BCUT2D eigenvalue weighted by Crippen LogP contribution is 2.31. The molecule has 2 heterocycles. The molecule has 6 nitrogen and oxygen atoms in total. The fraction of sp³-hybridized carbons (Fsp3) is 0.720. The van der Waals surface area contributed by atoms with E-state index < -0.39 is 0 Å². The average molecular weight is 431 g/mol. The number of amides is 1. The number of hydrogen-bond acceptors (Lipinski definition) is 5. The molecule has 4 rings (SSSR count). The third-order valence-electron chi connectivity index (χ3n) is 7.07. The van der Waals surface area contributed by atoms with Crippen molar-refractivity contribution in [1.82, 2.24) is 10.2 Å². The molecule has 6 heteroatoms. The third-order valence-corrected chi connectivity index (χ3v) is 7.07. The number of carbonyl (C=O) groups is 1. The Kier molecular flexibility index (Phi) is 7.07. The van der Waals surface area contributed by atoms with Gasteiger partial charge in [0.15, 0.2) is 0 Å². The lowest BCUT2D eigenvalue weighted by Gasteiger charge is -2.36. The van der Waals surface area contributed by atoms with Crippen LogP contribution in [0.5, 0.6) is 11.5 Å². The van der Waals surface area contributed by atoms with Crippen LogP contribution in [-0.2, 0) is 4.74 Å². The van der Waals surface area contributed by atoms with Crippen molar-refractivity contribution in [3.63, 3.8) is 0 Å². The van der Waals surface area contributed by atoms with E-state index in [2.05, 4.69) is 24.1 Å². The predicted octanol–water partition coefficient (Wildman–Crippen LogP) is 4.17. The van der Waals surface area contributed by atoms with E-state index in [9.17, 15) is 4.79 Å². The van der Waals surface area contributed by atoms with Crippen LogP contribution in [0.2, 0.25) is 0 Å². The van der Waals surface area contributed by atoms with E-state index in [1.54, 1.807) is 13.2 Å². The van der Waals surface area contributed by atoms with Crippen molar-refractivity contribution >= 4 is 5.91 Å². The number of methoxy groups -OCH3 is 1. The molecule has 3 aliphatic rings. The lowest BCUT2D eigenvalue weighted by molar-refractivity contribution is -0.0615. The van der Waals surface area contributed by atoms with Crippen molar-refractivity contribution in [1.29, 1.82) is 0 Å². The normalized spacial score (nSPS) is 25.3. The van der Waals surface area contributed by atoms with Gasteiger partial charge in [0.2, 0.25) is 0 Å². The van der Waals surface area contributed by atoms with Crippen LogP contribution < -0.4 is 14.8 Å². The second-order valence-corrected chi connectivity index (χ2v) is 9.92. The molecule has 1 amide bonds. The first kappa shape index (κ1) is 22.4. The summed E-state index contributed by atoms with van der Waals surface area (Å²) in [4.78, 5) is 15.8. The molecule has 1 aromatic rings. The number of ether oxygens (including phenoxy) is 3. The first-order valence-electron chi connectivity index (χ1n) is 12.0. The minimum atomic E-state index is -0.211. The van der Waals surface area contributed by atoms with Crippen LogP contribution in [0.15, 0.2) is 18.2 Å². The van der Waals surface area contributed by atoms with Crippen LogP contribution in [0.4, 0.5) is 0 Å². The average Bonchev–Trinajstić information content (AvgIpc) is 3.29. The van der Waals surface area contributed by atoms with Crippen molar-refractivity contribution in [2.24, 2.45) is 0 Å². The smallest absolute Gasteiger partial charge is 0.255 e. The summed E-state index contributed by atoms with van der Waals surface area (Å²) in [5.41, 5.74) is 0.346. The van der Waals surface area contributed by atoms with Gasteiger partial charge in [-0.1, -0.05) is 12.8 Å². The molecule has 0 bridgehead atoms. The predicted molar refractivity (Wildman–Crippen MR) is 121 cm³/mol. The van der Waals surface area contributed by atoms with Gasteiger partial charge in [0.05, 0.1) is 18.3 Å². The van der Waals surface area contributed by atoms with E-state index >= 15 is 0 Å². The minimum absolute atomic E-state index is 0.0972. The Morgan fingerprint density at radius 3 is 2.55 bits per heavy atom. The summed E-state index contributed by atoms with van der Waals surface area (Å²) in [6.45, 7) is 6.99. The molecule has 0 aromatic heterocycles. The molecular weight excluding hydrogens is 392 g/mol. The number of rotatable bonds is 6. The molecular formula is C25H38N2O4. The van der Waals surface area contributed by atoms with Gasteiger partial charge >= 0.3 is 0 Å². The second kappa shape index (κ2) is 9.78. The first-order chi connectivity index (χ1) is 14.9. The Balaban J connectivity index is 1.40. The van der Waals surface area contributed by atoms with Crippen molar-refractivity contribution in [3.8, 4) is 11.5 Å². The van der Waals surface area contributed by atoms with Gasteiger partial charge in [-0.05, 0) is 70.6 Å². The Hall–Kier alpha value is -1.79. The molecule has 2 saturated heterocycles. The fourth-order valence-corrected chi connectivity index (χ4v) is 5.34. The van der Waals surface area contributed by atoms with E-state index in [0.717, 1.165) is 44.8 Å². The summed E-state index contributed by atoms with van der Waals surface area (Å²) >= 11 is 0. The summed E-state index contributed by atoms with van der Waals surface area (Å²) in [5.74, 6) is 1.23. The van der Waals surface area contributed by atoms with Crippen molar-refractivity contribution < 1.29 is 19.0 Å². The Morgan fingerprint density at radius 2 is 1.87 bits per heavy atom. The van der Waals surface area contributed by atoms with Crippen molar-refractivity contribution in [2.45, 2.75) is 89.0 Å². The van der Waals surface area contributed by atoms with Gasteiger partial charge in [-0.2, -0.15) is 0 Å². The van der Waals surface area contributed by atoms with E-state index in [1.807, 2.05) is 12.1 Å². The molecule has 1 aliphatic carbocycles. The quantitative estimate of drug-likeness (QED) is 0.734. The number of likely N-dealkylation sites (tertiary alicyclic amines) is 1. The molecule has 1 atom stereocenters. The van der Waals surface area contributed by atoms with Crippen molar-refractivity contribution in [3.05, 3.63) is 23.8 Å². The van der Waals surface area contributed by atoms with Crippen LogP contribution in [0.3, 0.4) is 0 Å². The molecule has 31 heavy (non-hydrogen) atoms. The maximum absolute atomic E-state index is 13.2. The van der Waals surface area contributed by atoms with Crippen LogP contribution in [0.1, 0.15) is 75.6 Å². The lowest BCUT2D eigenvalue weighted by Crippen LogP contribution is -2.46. The number of nitrogens with zero attached hydrogens (tertiary/aromatic N) is 1. The summed E-state index contributed by atoms with van der Waals surface area (Å²) in [6, 6.07) is 6.42. The minimum Gasteiger partial charge on any atom is -0.497 e. The van der Waals surface area contributed by atoms with Gasteiger partial charge in [-0.25, -0.2) is 0 Å². The Morgan fingerprint density at radius 1 is 1.13 bits per heavy atom. The number of hydrogen-bond donors (Lipinski definition) is 1. The number of nitrogens with one attached hydrogen (secondary N) is 1. The molecule has 1 saturated carbocycles. The maximum Gasteiger partial charge on any atom is 0.255 e. The van der Waals surface area contributed by atoms with E-state index in [0.29, 0.717) is 23.7 Å². The van der Waals surface area contributed by atoms with E-state index in [1.165, 1.54) is 25.7 Å². The second-order valence-electron chi connectivity index (χ2n) is 9.92. The molecule has 2 aliphatic heterocycles. The molecule has 3 fully saturated rings. The number of benzene rings is 1. The van der Waals surface area contributed by atoms with Gasteiger partial charge in [0.25, 0.3) is 5.91 Å². The van der Waals surface area contributed by atoms with Gasteiger partial charge in [-0.15, -0.1) is 0 Å². The van der Waals surface area contributed by atoms with Crippen LogP contribution in [0.25, 0.3) is 0 Å². The zero-order valence-electron chi connectivity index (χ0n) is 19.3. The standard InChI is InChI=1S/C25H38N2O4/c1-25(2)17-18(12-15-30-25)26-24(28)22-16-21(29-3)8-9-23(22)31-20-10-13-27(14-11-20)19-6-4-5-7-19/h8-9,16,18-20H,4-7,10-15,17H2,1-3H3,(H,26,28)/t18-/m0/s1. The Bertz CT molecular complexity index is 752. The number of piperidine rings is 1. The lowest BCUT2D eigenvalue weighted by atomic mass is 9.93. The highest BCUT2D eigenvalue weighted by Gasteiger charge is 2.31. The topological polar surface area (TPSA) is 60.0 Å². The number of carbonyl (C=O) groups excluding carboxylic acids is 1. The molecule has 1 N–H and O–H groups in total. The van der Waals surface area contributed by atoms with Gasteiger partial charge in [0.1, 0.15) is 17.6 Å². The highest BCUT2D eigenvalue weighted by molar-refractivity contribution is 5.97. The van der Waals surface area contributed by atoms with Gasteiger partial charge in [-0.3, -0.25) is 4.79 Å². The van der Waals surface area contributed by atoms with E-state index in [4.69, 9.17) is 14.2 Å². The summed E-state index contributed by atoms with van der Waals surface area (Å²) in [5, 5.41) is 3.20. The van der Waals surface area contributed by atoms with Crippen LogP contribution in [0, 0.1) is 0 Å². The molecule has 0 spiro atoms. The maximum atomic E-state index is 13.2. The van der Waals surface area contributed by atoms with Crippen LogP contribution >= 0.6 is 0 Å². The van der Waals surface area contributed by atoms with Crippen molar-refractivity contribution in [2.75, 3.05) is 26.8 Å². The summed E-state index contributed by atoms with van der Waals surface area (Å²) in [7, 11) is 1.62. The largest absolute Gasteiger partial charge is 0.497 e. The van der Waals surface area contributed by atoms with E-state index in [-0.39, 0.29) is 23.7 Å². The molecule has 1 aromatic carbocycles. The molecule has 0 radical (unpaired) electrons. The van der Waals surface area contributed by atoms with Gasteiger partial charge < -0.3 is 24.4 Å². The highest BCUT2D eigenvalue weighted by atomic mass is 16.5. The first-order valence-corrected chi connectivity index (χ1v) is 12.0. The monoisotopic (exact) mass is 430 g/mol. The fourth-order valence-electron chi connectivity index (χ4n) is 5.34. The zero-order chi connectivity index (χ0) is 21.8. The Labute approximate surface area is 186 Å². The molecule has 172 valence electrons. The SMILES string of the molecule is COc1ccc(OC2CCN(C3CCCC3)CC2)c(C(=O)N[C@H]2CCOC(C)(C)C2)c1. The molecule has 0 unspecified atom stereocenters. The summed E-state index contributed by atoms with van der Waals surface area (Å²) < 4.78 is 17.6.